The Kier molecular flexibility index (Phi) is 7.61. The van der Waals surface area contributed by atoms with E-state index >= 15 is 0 Å². The van der Waals surface area contributed by atoms with E-state index in [9.17, 15) is 14.0 Å². The van der Waals surface area contributed by atoms with Crippen molar-refractivity contribution in [2.75, 3.05) is 13.2 Å². The van der Waals surface area contributed by atoms with E-state index in [1.165, 1.54) is 24.3 Å². The topological polar surface area (TPSA) is 76.7 Å². The van der Waals surface area contributed by atoms with E-state index in [2.05, 4.69) is 10.9 Å². The van der Waals surface area contributed by atoms with Crippen molar-refractivity contribution in [3.05, 3.63) is 59.4 Å². The normalized spacial score (nSPS) is 10.2. The van der Waals surface area contributed by atoms with Gasteiger partial charge in [-0.25, -0.2) is 4.39 Å². The average molecular weight is 374 g/mol. The first-order valence-corrected chi connectivity index (χ1v) is 8.81. The lowest BCUT2D eigenvalue weighted by molar-refractivity contribution is 0.0844. The van der Waals surface area contributed by atoms with Crippen LogP contribution < -0.4 is 20.3 Å². The number of benzene rings is 2. The predicted molar refractivity (Wildman–Crippen MR) is 99.3 cm³/mol. The summed E-state index contributed by atoms with van der Waals surface area (Å²) in [5.74, 6) is -0.956. The fraction of sp³-hybridized carbons (Fsp3) is 0.300. The van der Waals surface area contributed by atoms with Crippen molar-refractivity contribution in [3.8, 4) is 11.5 Å². The SMILES string of the molecule is CCCOc1ccc(C(=O)NNC(=O)c2ccccc2F)cc1OCCC. The molecule has 0 atom stereocenters. The average Bonchev–Trinajstić information content (AvgIpc) is 2.69. The van der Waals surface area contributed by atoms with Crippen molar-refractivity contribution in [2.45, 2.75) is 26.7 Å². The maximum Gasteiger partial charge on any atom is 0.272 e. The minimum Gasteiger partial charge on any atom is -0.490 e. The molecule has 0 aliphatic heterocycles. The summed E-state index contributed by atoms with van der Waals surface area (Å²) in [6.07, 6.45) is 1.65. The highest BCUT2D eigenvalue weighted by Crippen LogP contribution is 2.28. The van der Waals surface area contributed by atoms with Crippen molar-refractivity contribution in [1.29, 1.82) is 0 Å². The van der Waals surface area contributed by atoms with Gasteiger partial charge in [0.25, 0.3) is 11.8 Å². The fourth-order valence-electron chi connectivity index (χ4n) is 2.20. The Balaban J connectivity index is 2.06. The highest BCUT2D eigenvalue weighted by Gasteiger charge is 2.15. The molecule has 27 heavy (non-hydrogen) atoms. The zero-order valence-corrected chi connectivity index (χ0v) is 15.4. The molecule has 0 aliphatic rings. The third-order valence-corrected chi connectivity index (χ3v) is 3.54. The van der Waals surface area contributed by atoms with Crippen LogP contribution in [0.2, 0.25) is 0 Å². The molecule has 144 valence electrons. The summed E-state index contributed by atoms with van der Waals surface area (Å²) in [5.41, 5.74) is 4.59. The molecule has 0 radical (unpaired) electrons. The molecule has 0 heterocycles. The van der Waals surface area contributed by atoms with Crippen LogP contribution in [0.4, 0.5) is 4.39 Å². The molecular weight excluding hydrogens is 351 g/mol. The van der Waals surface area contributed by atoms with Crippen LogP contribution in [0.25, 0.3) is 0 Å². The van der Waals surface area contributed by atoms with Gasteiger partial charge >= 0.3 is 0 Å². The standard InChI is InChI=1S/C20H23FN2O4/c1-3-11-26-17-10-9-14(13-18(17)27-12-4-2)19(24)22-23-20(25)15-7-5-6-8-16(15)21/h5-10,13H,3-4,11-12H2,1-2H3,(H,22,24)(H,23,25). The number of nitrogens with one attached hydrogen (secondary N) is 2. The molecule has 2 amide bonds. The van der Waals surface area contributed by atoms with E-state index in [1.54, 1.807) is 18.2 Å². The highest BCUT2D eigenvalue weighted by molar-refractivity contribution is 5.99. The third kappa shape index (κ3) is 5.70. The Labute approximate surface area is 157 Å². The number of carbonyl (C=O) groups is 2. The van der Waals surface area contributed by atoms with Crippen LogP contribution in [0.5, 0.6) is 11.5 Å². The molecule has 6 nitrogen and oxygen atoms in total. The van der Waals surface area contributed by atoms with E-state index in [0.29, 0.717) is 24.7 Å². The van der Waals surface area contributed by atoms with E-state index in [-0.39, 0.29) is 11.1 Å². The van der Waals surface area contributed by atoms with E-state index < -0.39 is 17.6 Å². The molecule has 0 bridgehead atoms. The monoisotopic (exact) mass is 374 g/mol. The molecule has 0 aromatic heterocycles. The summed E-state index contributed by atoms with van der Waals surface area (Å²) in [6, 6.07) is 10.3. The molecule has 0 saturated carbocycles. The Morgan fingerprint density at radius 1 is 0.889 bits per heavy atom. The van der Waals surface area contributed by atoms with E-state index in [0.717, 1.165) is 12.8 Å². The largest absolute Gasteiger partial charge is 0.490 e. The van der Waals surface area contributed by atoms with Gasteiger partial charge in [0, 0.05) is 5.56 Å². The molecule has 0 spiro atoms. The first-order valence-electron chi connectivity index (χ1n) is 8.81. The summed E-state index contributed by atoms with van der Waals surface area (Å²) in [5, 5.41) is 0. The molecule has 2 N–H and O–H groups in total. The van der Waals surface area contributed by atoms with E-state index in [4.69, 9.17) is 9.47 Å². The van der Waals surface area contributed by atoms with Crippen molar-refractivity contribution in [2.24, 2.45) is 0 Å². The lowest BCUT2D eigenvalue weighted by Gasteiger charge is -2.14. The summed E-state index contributed by atoms with van der Waals surface area (Å²) in [4.78, 5) is 24.3. The highest BCUT2D eigenvalue weighted by atomic mass is 19.1. The quantitative estimate of drug-likeness (QED) is 0.694. The molecule has 0 saturated heterocycles. The van der Waals surface area contributed by atoms with Crippen LogP contribution in [-0.2, 0) is 0 Å². The zero-order valence-electron chi connectivity index (χ0n) is 15.4. The second kappa shape index (κ2) is 10.2. The van der Waals surface area contributed by atoms with Gasteiger partial charge in [0.1, 0.15) is 5.82 Å². The minimum atomic E-state index is -0.744. The summed E-state index contributed by atoms with van der Waals surface area (Å²) < 4.78 is 24.9. The minimum absolute atomic E-state index is 0.159. The molecule has 2 rings (SSSR count). The Hall–Kier alpha value is -3.09. The predicted octanol–water partition coefficient (Wildman–Crippen LogP) is 3.48. The second-order valence-electron chi connectivity index (χ2n) is 5.75. The van der Waals surface area contributed by atoms with Crippen LogP contribution in [0.1, 0.15) is 47.4 Å². The zero-order chi connectivity index (χ0) is 19.6. The molecule has 2 aromatic carbocycles. The maximum atomic E-state index is 13.6. The number of hydrogen-bond acceptors (Lipinski definition) is 4. The third-order valence-electron chi connectivity index (χ3n) is 3.54. The summed E-state index contributed by atoms with van der Waals surface area (Å²) >= 11 is 0. The number of carbonyl (C=O) groups excluding carboxylic acids is 2. The van der Waals surface area contributed by atoms with Crippen molar-refractivity contribution >= 4 is 11.8 Å². The van der Waals surface area contributed by atoms with E-state index in [1.807, 2.05) is 13.8 Å². The molecule has 0 fully saturated rings. The fourth-order valence-corrected chi connectivity index (χ4v) is 2.20. The first kappa shape index (κ1) is 20.2. The van der Waals surface area contributed by atoms with Gasteiger partial charge in [-0.2, -0.15) is 0 Å². The number of rotatable bonds is 8. The Morgan fingerprint density at radius 2 is 1.52 bits per heavy atom. The summed E-state index contributed by atoms with van der Waals surface area (Å²) in [7, 11) is 0. The van der Waals surface area contributed by atoms with Gasteiger partial charge in [0.05, 0.1) is 18.8 Å². The molecule has 0 unspecified atom stereocenters. The van der Waals surface area contributed by atoms with Gasteiger partial charge in [0.15, 0.2) is 11.5 Å². The van der Waals surface area contributed by atoms with Crippen molar-refractivity contribution in [3.63, 3.8) is 0 Å². The van der Waals surface area contributed by atoms with Crippen LogP contribution in [-0.4, -0.2) is 25.0 Å². The molecule has 2 aromatic rings. The number of hydrazine groups is 1. The van der Waals surface area contributed by atoms with Gasteiger partial charge in [0.2, 0.25) is 0 Å². The molecular formula is C20H23FN2O4. The Bertz CT molecular complexity index is 795. The van der Waals surface area contributed by atoms with Crippen molar-refractivity contribution < 1.29 is 23.5 Å². The maximum absolute atomic E-state index is 13.6. The number of amides is 2. The summed E-state index contributed by atoms with van der Waals surface area (Å²) in [6.45, 7) is 4.98. The number of ether oxygens (including phenoxy) is 2. The van der Waals surface area contributed by atoms with Gasteiger partial charge in [-0.15, -0.1) is 0 Å². The Morgan fingerprint density at radius 3 is 2.19 bits per heavy atom. The molecule has 7 heteroatoms. The number of hydrogen-bond donors (Lipinski definition) is 2. The van der Waals surface area contributed by atoms with Gasteiger partial charge in [-0.05, 0) is 43.2 Å². The van der Waals surface area contributed by atoms with Gasteiger partial charge < -0.3 is 9.47 Å². The van der Waals surface area contributed by atoms with Crippen LogP contribution in [0.15, 0.2) is 42.5 Å². The van der Waals surface area contributed by atoms with Crippen LogP contribution >= 0.6 is 0 Å². The van der Waals surface area contributed by atoms with Gasteiger partial charge in [-0.3, -0.25) is 20.4 Å². The van der Waals surface area contributed by atoms with Gasteiger partial charge in [-0.1, -0.05) is 26.0 Å². The lowest BCUT2D eigenvalue weighted by Crippen LogP contribution is -2.41. The lowest BCUT2D eigenvalue weighted by atomic mass is 10.2. The van der Waals surface area contributed by atoms with Crippen LogP contribution in [0, 0.1) is 5.82 Å². The van der Waals surface area contributed by atoms with Crippen molar-refractivity contribution in [1.82, 2.24) is 10.9 Å². The molecule has 0 aliphatic carbocycles. The first-order chi connectivity index (χ1) is 13.1. The second-order valence-corrected chi connectivity index (χ2v) is 5.75. The van der Waals surface area contributed by atoms with Crippen LogP contribution in [0.3, 0.4) is 0 Å². The smallest absolute Gasteiger partial charge is 0.272 e. The number of halogens is 1.